The zero-order chi connectivity index (χ0) is 10.6. The lowest BCUT2D eigenvalue weighted by molar-refractivity contribution is 0.0191. The summed E-state index contributed by atoms with van der Waals surface area (Å²) in [6.45, 7) is 2.00. The lowest BCUT2D eigenvalue weighted by atomic mass is 10.00. The fourth-order valence-electron chi connectivity index (χ4n) is 1.62. The van der Waals surface area contributed by atoms with E-state index in [0.717, 1.165) is 12.8 Å². The van der Waals surface area contributed by atoms with Crippen LogP contribution in [0.4, 0.5) is 0 Å². The average molecular weight is 220 g/mol. The molecule has 4 heteroatoms. The van der Waals surface area contributed by atoms with E-state index in [-0.39, 0.29) is 18.6 Å². The molecule has 0 bridgehead atoms. The van der Waals surface area contributed by atoms with Gasteiger partial charge in [-0.15, -0.1) is 0 Å². The number of methoxy groups -OCH3 is 1. The minimum Gasteiger partial charge on any atom is -0.394 e. The van der Waals surface area contributed by atoms with Crippen molar-refractivity contribution in [2.24, 2.45) is 5.92 Å². The van der Waals surface area contributed by atoms with Crippen molar-refractivity contribution in [3.05, 3.63) is 0 Å². The summed E-state index contributed by atoms with van der Waals surface area (Å²) in [5, 5.41) is 9.41. The van der Waals surface area contributed by atoms with E-state index >= 15 is 0 Å². The van der Waals surface area contributed by atoms with E-state index in [4.69, 9.17) is 9.84 Å². The van der Waals surface area contributed by atoms with Gasteiger partial charge in [-0.1, -0.05) is 13.3 Å². The van der Waals surface area contributed by atoms with Gasteiger partial charge < -0.3 is 9.84 Å². The Morgan fingerprint density at radius 2 is 2.21 bits per heavy atom. The van der Waals surface area contributed by atoms with Crippen LogP contribution in [0.5, 0.6) is 0 Å². The van der Waals surface area contributed by atoms with Gasteiger partial charge in [0.2, 0.25) is 0 Å². The number of aliphatic hydroxyl groups is 1. The number of hydrogen-bond acceptors (Lipinski definition) is 3. The van der Waals surface area contributed by atoms with Crippen molar-refractivity contribution in [1.29, 1.82) is 0 Å². The van der Waals surface area contributed by atoms with Gasteiger partial charge in [-0.2, -0.15) is 0 Å². The fourth-order valence-corrected chi connectivity index (χ4v) is 3.49. The highest BCUT2D eigenvalue weighted by Crippen LogP contribution is 2.25. The molecule has 3 nitrogen and oxygen atoms in total. The van der Waals surface area contributed by atoms with Crippen molar-refractivity contribution >= 4 is 10.8 Å². The maximum Gasteiger partial charge on any atom is 0.0836 e. The van der Waals surface area contributed by atoms with E-state index in [9.17, 15) is 4.21 Å². The van der Waals surface area contributed by atoms with Crippen LogP contribution >= 0.6 is 0 Å². The summed E-state index contributed by atoms with van der Waals surface area (Å²) in [7, 11) is 0.864. The fraction of sp³-hybridized carbons (Fsp3) is 1.00. The Bertz CT molecular complexity index is 188. The predicted molar refractivity (Wildman–Crippen MR) is 57.7 cm³/mol. The normalized spacial score (nSPS) is 23.9. The van der Waals surface area contributed by atoms with Gasteiger partial charge >= 0.3 is 0 Å². The second-order valence-corrected chi connectivity index (χ2v) is 5.80. The van der Waals surface area contributed by atoms with Crippen molar-refractivity contribution in [3.63, 3.8) is 0 Å². The lowest BCUT2D eigenvalue weighted by Gasteiger charge is -2.27. The molecule has 0 heterocycles. The Hall–Kier alpha value is 0.0700. The summed E-state index contributed by atoms with van der Waals surface area (Å²) in [6, 6.07) is 0. The van der Waals surface area contributed by atoms with E-state index in [1.165, 1.54) is 6.42 Å². The van der Waals surface area contributed by atoms with Gasteiger partial charge in [-0.05, 0) is 18.8 Å². The van der Waals surface area contributed by atoms with E-state index < -0.39 is 10.8 Å². The second-order valence-electron chi connectivity index (χ2n) is 4.03. The maximum atomic E-state index is 11.7. The van der Waals surface area contributed by atoms with E-state index in [1.807, 2.05) is 6.92 Å². The summed E-state index contributed by atoms with van der Waals surface area (Å²) in [5.41, 5.74) is 0. The number of aliphatic hydroxyl groups excluding tert-OH is 1. The largest absolute Gasteiger partial charge is 0.394 e. The van der Waals surface area contributed by atoms with Gasteiger partial charge in [0.25, 0.3) is 0 Å². The average Bonchev–Trinajstić information content (AvgIpc) is 2.02. The summed E-state index contributed by atoms with van der Waals surface area (Å²) in [4.78, 5) is 0. The quantitative estimate of drug-likeness (QED) is 0.724. The van der Waals surface area contributed by atoms with Crippen molar-refractivity contribution in [3.8, 4) is 0 Å². The first-order chi connectivity index (χ1) is 6.69. The first kappa shape index (κ1) is 12.1. The highest BCUT2D eigenvalue weighted by molar-refractivity contribution is 7.85. The molecule has 14 heavy (non-hydrogen) atoms. The van der Waals surface area contributed by atoms with Gasteiger partial charge in [-0.25, -0.2) is 0 Å². The van der Waals surface area contributed by atoms with Crippen LogP contribution in [-0.2, 0) is 15.5 Å². The van der Waals surface area contributed by atoms with Gasteiger partial charge in [0.15, 0.2) is 0 Å². The molecule has 1 rings (SSSR count). The molecule has 3 atom stereocenters. The standard InChI is InChI=1S/C10H20O3S/c1-8(10(6-11)13-2)7-14(12)9-4-3-5-9/h8-11H,3-7H2,1-2H3. The van der Waals surface area contributed by atoms with Crippen molar-refractivity contribution in [2.45, 2.75) is 37.5 Å². The Morgan fingerprint density at radius 1 is 1.57 bits per heavy atom. The summed E-state index contributed by atoms with van der Waals surface area (Å²) < 4.78 is 16.9. The van der Waals surface area contributed by atoms with Crippen LogP contribution in [0.1, 0.15) is 26.2 Å². The van der Waals surface area contributed by atoms with E-state index in [1.54, 1.807) is 7.11 Å². The van der Waals surface area contributed by atoms with Gasteiger partial charge in [0, 0.05) is 28.9 Å². The highest BCUT2D eigenvalue weighted by atomic mass is 32.2. The molecule has 1 saturated carbocycles. The van der Waals surface area contributed by atoms with Crippen LogP contribution in [0.3, 0.4) is 0 Å². The van der Waals surface area contributed by atoms with Crippen LogP contribution in [0.25, 0.3) is 0 Å². The molecular formula is C10H20O3S. The molecule has 1 aliphatic rings. The molecule has 0 saturated heterocycles. The maximum absolute atomic E-state index is 11.7. The molecule has 84 valence electrons. The smallest absolute Gasteiger partial charge is 0.0836 e. The van der Waals surface area contributed by atoms with Gasteiger partial charge in [-0.3, -0.25) is 4.21 Å². The van der Waals surface area contributed by atoms with Crippen molar-refractivity contribution < 1.29 is 14.1 Å². The Labute approximate surface area is 88.3 Å². The molecule has 1 fully saturated rings. The highest BCUT2D eigenvalue weighted by Gasteiger charge is 2.27. The van der Waals surface area contributed by atoms with Gasteiger partial charge in [0.05, 0.1) is 12.7 Å². The number of ether oxygens (including phenoxy) is 1. The number of hydrogen-bond donors (Lipinski definition) is 1. The topological polar surface area (TPSA) is 46.5 Å². The lowest BCUT2D eigenvalue weighted by Crippen LogP contribution is -2.33. The minimum absolute atomic E-state index is 0.0134. The first-order valence-corrected chi connectivity index (χ1v) is 6.58. The first-order valence-electron chi connectivity index (χ1n) is 5.19. The molecule has 0 aromatic heterocycles. The molecule has 0 spiro atoms. The Balaban J connectivity index is 2.30. The third kappa shape index (κ3) is 3.04. The number of rotatable bonds is 6. The van der Waals surface area contributed by atoms with Crippen LogP contribution in [0, 0.1) is 5.92 Å². The summed E-state index contributed by atoms with van der Waals surface area (Å²) in [6.07, 6.45) is 3.27. The molecule has 0 amide bonds. The third-order valence-electron chi connectivity index (χ3n) is 2.97. The molecular weight excluding hydrogens is 200 g/mol. The summed E-state index contributed by atoms with van der Waals surface area (Å²) >= 11 is 0. The molecule has 1 aliphatic carbocycles. The van der Waals surface area contributed by atoms with Crippen molar-refractivity contribution in [1.82, 2.24) is 0 Å². The second kappa shape index (κ2) is 5.83. The Morgan fingerprint density at radius 3 is 2.57 bits per heavy atom. The van der Waals surface area contributed by atoms with E-state index in [0.29, 0.717) is 11.0 Å². The van der Waals surface area contributed by atoms with Crippen LogP contribution in [-0.4, -0.2) is 40.1 Å². The zero-order valence-electron chi connectivity index (χ0n) is 8.94. The van der Waals surface area contributed by atoms with E-state index in [2.05, 4.69) is 0 Å². The summed E-state index contributed by atoms with van der Waals surface area (Å²) in [5.74, 6) is 0.829. The van der Waals surface area contributed by atoms with Gasteiger partial charge in [0.1, 0.15) is 0 Å². The minimum atomic E-state index is -0.723. The predicted octanol–water partition coefficient (Wildman–Crippen LogP) is 0.931. The third-order valence-corrected chi connectivity index (χ3v) is 5.04. The van der Waals surface area contributed by atoms with Crippen LogP contribution in [0.2, 0.25) is 0 Å². The Kier molecular flexibility index (Phi) is 5.06. The molecule has 0 aliphatic heterocycles. The monoisotopic (exact) mass is 220 g/mol. The zero-order valence-corrected chi connectivity index (χ0v) is 9.76. The molecule has 1 N–H and O–H groups in total. The van der Waals surface area contributed by atoms with Crippen molar-refractivity contribution in [2.75, 3.05) is 19.5 Å². The SMILES string of the molecule is COC(CO)C(C)CS(=O)C1CCC1. The molecule has 0 radical (unpaired) electrons. The van der Waals surface area contributed by atoms with Crippen LogP contribution in [0.15, 0.2) is 0 Å². The molecule has 3 unspecified atom stereocenters. The molecule has 0 aromatic carbocycles. The molecule has 0 aromatic rings. The van der Waals surface area contributed by atoms with Crippen LogP contribution < -0.4 is 0 Å².